The molecule has 2 fully saturated rings. The summed E-state index contributed by atoms with van der Waals surface area (Å²) in [7, 11) is 0. The van der Waals surface area contributed by atoms with E-state index >= 15 is 0 Å². The molecule has 0 bridgehead atoms. The van der Waals surface area contributed by atoms with Crippen LogP contribution in [-0.2, 0) is 17.8 Å². The van der Waals surface area contributed by atoms with Gasteiger partial charge in [-0.3, -0.25) is 4.99 Å². The van der Waals surface area contributed by atoms with Crippen LogP contribution in [0.4, 0.5) is 4.39 Å². The van der Waals surface area contributed by atoms with Gasteiger partial charge in [-0.25, -0.2) is 4.39 Å². The maximum atomic E-state index is 13.9. The Balaban J connectivity index is 0.00000225. The summed E-state index contributed by atoms with van der Waals surface area (Å²) in [5, 5.41) is 3.44. The second-order valence-electron chi connectivity index (χ2n) is 8.03. The van der Waals surface area contributed by atoms with Gasteiger partial charge in [0.05, 0.1) is 6.61 Å². The quantitative estimate of drug-likeness (QED) is 0.382. The van der Waals surface area contributed by atoms with Crippen LogP contribution in [0, 0.1) is 11.2 Å². The summed E-state index contributed by atoms with van der Waals surface area (Å²) in [5.74, 6) is 1.53. The summed E-state index contributed by atoms with van der Waals surface area (Å²) in [4.78, 5) is 7.26. The minimum Gasteiger partial charge on any atom is -0.467 e. The van der Waals surface area contributed by atoms with Crippen LogP contribution in [0.1, 0.15) is 50.2 Å². The van der Waals surface area contributed by atoms with Crippen LogP contribution >= 0.6 is 24.0 Å². The van der Waals surface area contributed by atoms with Crippen molar-refractivity contribution in [2.75, 3.05) is 33.0 Å². The van der Waals surface area contributed by atoms with Gasteiger partial charge in [-0.1, -0.05) is 12.8 Å². The molecule has 2 heterocycles. The molecule has 0 unspecified atom stereocenters. The van der Waals surface area contributed by atoms with E-state index in [1.807, 2.05) is 0 Å². The van der Waals surface area contributed by atoms with Crippen molar-refractivity contribution in [2.45, 2.75) is 52.1 Å². The Morgan fingerprint density at radius 1 is 1.29 bits per heavy atom. The highest BCUT2D eigenvalue weighted by Gasteiger charge is 2.41. The van der Waals surface area contributed by atoms with E-state index in [-0.39, 0.29) is 36.6 Å². The number of guanidine groups is 1. The van der Waals surface area contributed by atoms with E-state index in [0.717, 1.165) is 42.5 Å². The lowest BCUT2D eigenvalue weighted by Gasteiger charge is -2.26. The van der Waals surface area contributed by atoms with Crippen molar-refractivity contribution in [3.05, 3.63) is 29.1 Å². The second kappa shape index (κ2) is 9.61. The molecule has 3 aliphatic rings. The molecule has 0 amide bonds. The highest BCUT2D eigenvalue weighted by Crippen LogP contribution is 2.45. The van der Waals surface area contributed by atoms with Gasteiger partial charge in [0, 0.05) is 31.7 Å². The van der Waals surface area contributed by atoms with E-state index in [1.54, 1.807) is 6.07 Å². The number of aliphatic imine (C=N–C) groups is 1. The van der Waals surface area contributed by atoms with Gasteiger partial charge in [0.1, 0.15) is 11.6 Å². The summed E-state index contributed by atoms with van der Waals surface area (Å²) in [6.45, 7) is 6.42. The zero-order chi connectivity index (χ0) is 18.7. The molecule has 5 nitrogen and oxygen atoms in total. The molecule has 1 saturated carbocycles. The van der Waals surface area contributed by atoms with E-state index in [4.69, 9.17) is 14.5 Å². The van der Waals surface area contributed by atoms with Crippen LogP contribution in [-0.4, -0.2) is 43.8 Å². The number of ether oxygens (including phenoxy) is 2. The third-order valence-corrected chi connectivity index (χ3v) is 6.13. The van der Waals surface area contributed by atoms with Gasteiger partial charge in [0.25, 0.3) is 0 Å². The molecule has 1 N–H and O–H groups in total. The molecule has 28 heavy (non-hydrogen) atoms. The van der Waals surface area contributed by atoms with Gasteiger partial charge < -0.3 is 19.7 Å². The maximum Gasteiger partial charge on any atom is 0.193 e. The Kier molecular flexibility index (Phi) is 7.42. The number of nitrogens with zero attached hydrogens (tertiary/aromatic N) is 2. The lowest BCUT2D eigenvalue weighted by Crippen LogP contribution is -2.41. The van der Waals surface area contributed by atoms with Crippen molar-refractivity contribution < 1.29 is 13.9 Å². The third-order valence-electron chi connectivity index (χ3n) is 6.13. The van der Waals surface area contributed by atoms with Gasteiger partial charge in [0.2, 0.25) is 0 Å². The van der Waals surface area contributed by atoms with E-state index in [9.17, 15) is 4.39 Å². The first-order valence-electron chi connectivity index (χ1n) is 10.2. The number of rotatable bonds is 4. The minimum absolute atomic E-state index is 0. The number of benzene rings is 1. The number of nitrogens with one attached hydrogen (secondary N) is 1. The minimum atomic E-state index is -0.239. The van der Waals surface area contributed by atoms with E-state index in [1.165, 1.54) is 38.2 Å². The Bertz CT molecular complexity index is 707. The van der Waals surface area contributed by atoms with Crippen LogP contribution in [0.25, 0.3) is 0 Å². The number of hydrogen-bond donors (Lipinski definition) is 1. The monoisotopic (exact) mass is 503 g/mol. The van der Waals surface area contributed by atoms with Crippen LogP contribution in [0.5, 0.6) is 5.75 Å². The SMILES string of the molecule is CCNC(=NCCc1cc(F)cc2c1OCOC2)N1CCC2(CCCC2)C1.I. The second-order valence-corrected chi connectivity index (χ2v) is 8.03. The van der Waals surface area contributed by atoms with Crippen molar-refractivity contribution in [2.24, 2.45) is 10.4 Å². The summed E-state index contributed by atoms with van der Waals surface area (Å²) in [5.41, 5.74) is 2.18. The van der Waals surface area contributed by atoms with Gasteiger partial charge in [-0.2, -0.15) is 0 Å². The van der Waals surface area contributed by atoms with Crippen LogP contribution < -0.4 is 10.1 Å². The molecule has 0 atom stereocenters. The topological polar surface area (TPSA) is 46.1 Å². The summed E-state index contributed by atoms with van der Waals surface area (Å²) >= 11 is 0. The average molecular weight is 503 g/mol. The Morgan fingerprint density at radius 3 is 2.89 bits per heavy atom. The Labute approximate surface area is 184 Å². The first-order valence-corrected chi connectivity index (χ1v) is 10.2. The van der Waals surface area contributed by atoms with E-state index in [2.05, 4.69) is 17.1 Å². The molecule has 156 valence electrons. The lowest BCUT2D eigenvalue weighted by atomic mass is 9.86. The van der Waals surface area contributed by atoms with Crippen LogP contribution in [0.2, 0.25) is 0 Å². The summed E-state index contributed by atoms with van der Waals surface area (Å²) < 4.78 is 24.8. The van der Waals surface area contributed by atoms with Gasteiger partial charge >= 0.3 is 0 Å². The molecule has 0 aromatic heterocycles. The first kappa shape index (κ1) is 21.6. The number of fused-ring (bicyclic) bond motifs is 1. The maximum absolute atomic E-state index is 13.9. The van der Waals surface area contributed by atoms with Crippen LogP contribution in [0.3, 0.4) is 0 Å². The van der Waals surface area contributed by atoms with Crippen LogP contribution in [0.15, 0.2) is 17.1 Å². The molecule has 1 aliphatic carbocycles. The zero-order valence-corrected chi connectivity index (χ0v) is 19.0. The molecule has 1 aromatic rings. The molecule has 4 rings (SSSR count). The molecule has 1 aromatic carbocycles. The number of halogens is 2. The standard InChI is InChI=1S/C21H30FN3O2.HI/c1-2-23-20(25-10-8-21(14-25)6-3-4-7-21)24-9-5-16-11-18(22)12-17-13-26-15-27-19(16)17;/h11-12H,2-10,13-15H2,1H3,(H,23,24);1H. The van der Waals surface area contributed by atoms with Crippen molar-refractivity contribution in [1.29, 1.82) is 0 Å². The molecule has 0 radical (unpaired) electrons. The smallest absolute Gasteiger partial charge is 0.193 e. The first-order chi connectivity index (χ1) is 13.2. The third kappa shape index (κ3) is 4.72. The predicted octanol–water partition coefficient (Wildman–Crippen LogP) is 4.08. The summed E-state index contributed by atoms with van der Waals surface area (Å²) in [6, 6.07) is 3.06. The fourth-order valence-electron chi connectivity index (χ4n) is 4.80. The van der Waals surface area contributed by atoms with Gasteiger partial charge in [-0.05, 0) is 55.7 Å². The predicted molar refractivity (Wildman–Crippen MR) is 119 cm³/mol. The number of hydrogen-bond acceptors (Lipinski definition) is 3. The normalized spacial score (nSPS) is 20.6. The van der Waals surface area contributed by atoms with Crippen molar-refractivity contribution in [3.8, 4) is 5.75 Å². The van der Waals surface area contributed by atoms with E-state index < -0.39 is 0 Å². The summed E-state index contributed by atoms with van der Waals surface area (Å²) in [6.07, 6.45) is 7.40. The fourth-order valence-corrected chi connectivity index (χ4v) is 4.80. The molecule has 7 heteroatoms. The van der Waals surface area contributed by atoms with Gasteiger partial charge in [-0.15, -0.1) is 24.0 Å². The largest absolute Gasteiger partial charge is 0.467 e. The van der Waals surface area contributed by atoms with Crippen molar-refractivity contribution in [3.63, 3.8) is 0 Å². The van der Waals surface area contributed by atoms with Gasteiger partial charge in [0.15, 0.2) is 12.8 Å². The molecule has 1 saturated heterocycles. The lowest BCUT2D eigenvalue weighted by molar-refractivity contribution is -0.0172. The van der Waals surface area contributed by atoms with Crippen molar-refractivity contribution >= 4 is 29.9 Å². The molecule has 2 aliphatic heterocycles. The average Bonchev–Trinajstić information content (AvgIpc) is 3.31. The van der Waals surface area contributed by atoms with E-state index in [0.29, 0.717) is 25.0 Å². The number of likely N-dealkylation sites (tertiary alicyclic amines) is 1. The van der Waals surface area contributed by atoms with Crippen molar-refractivity contribution in [1.82, 2.24) is 10.2 Å². The highest BCUT2D eigenvalue weighted by molar-refractivity contribution is 14.0. The Hall–Kier alpha value is -1.09. The fraction of sp³-hybridized carbons (Fsp3) is 0.667. The molecule has 1 spiro atoms. The Morgan fingerprint density at radius 2 is 2.11 bits per heavy atom. The molecular weight excluding hydrogens is 472 g/mol. The molecular formula is C21H31FIN3O2. The zero-order valence-electron chi connectivity index (χ0n) is 16.6. The highest BCUT2D eigenvalue weighted by atomic mass is 127.